The number of halogens is 1. The summed E-state index contributed by atoms with van der Waals surface area (Å²) < 4.78 is 0.975. The van der Waals surface area contributed by atoms with E-state index in [9.17, 15) is 0 Å². The molecule has 0 saturated heterocycles. The minimum Gasteiger partial charge on any atom is -0.297 e. The van der Waals surface area contributed by atoms with Gasteiger partial charge in [0.1, 0.15) is 0 Å². The molecule has 0 aliphatic heterocycles. The molecule has 4 heteroatoms. The van der Waals surface area contributed by atoms with Crippen molar-refractivity contribution in [1.29, 1.82) is 0 Å². The highest BCUT2D eigenvalue weighted by Crippen LogP contribution is 2.06. The standard InChI is InChI=1S/C9H11BrN2O/c1-2-5-13-12-7-9-4-3-8(10)6-11-9/h2-4,6,12H,1,5,7H2. The summed E-state index contributed by atoms with van der Waals surface area (Å²) in [4.78, 5) is 9.16. The summed E-state index contributed by atoms with van der Waals surface area (Å²) >= 11 is 3.31. The molecule has 1 aromatic heterocycles. The highest BCUT2D eigenvalue weighted by atomic mass is 79.9. The topological polar surface area (TPSA) is 34.1 Å². The molecule has 0 atom stereocenters. The van der Waals surface area contributed by atoms with Crippen molar-refractivity contribution in [1.82, 2.24) is 10.5 Å². The molecule has 0 radical (unpaired) electrons. The lowest BCUT2D eigenvalue weighted by Crippen LogP contribution is -2.14. The van der Waals surface area contributed by atoms with Crippen LogP contribution in [-0.4, -0.2) is 11.6 Å². The first-order valence-electron chi connectivity index (χ1n) is 3.89. The minimum absolute atomic E-state index is 0.497. The first-order valence-corrected chi connectivity index (χ1v) is 4.68. The van der Waals surface area contributed by atoms with Crippen LogP contribution in [0.1, 0.15) is 5.69 Å². The van der Waals surface area contributed by atoms with Gasteiger partial charge in [0.25, 0.3) is 0 Å². The summed E-state index contributed by atoms with van der Waals surface area (Å²) in [6.07, 6.45) is 3.44. The summed E-state index contributed by atoms with van der Waals surface area (Å²) in [5, 5.41) is 0. The Morgan fingerprint density at radius 1 is 1.62 bits per heavy atom. The Kier molecular flexibility index (Phi) is 4.67. The van der Waals surface area contributed by atoms with Crippen LogP contribution in [0.15, 0.2) is 35.5 Å². The van der Waals surface area contributed by atoms with Crippen molar-refractivity contribution in [2.75, 3.05) is 6.61 Å². The Morgan fingerprint density at radius 2 is 2.46 bits per heavy atom. The van der Waals surface area contributed by atoms with E-state index in [1.54, 1.807) is 12.3 Å². The maximum Gasteiger partial charge on any atom is 0.0861 e. The van der Waals surface area contributed by atoms with Gasteiger partial charge in [0, 0.05) is 10.7 Å². The van der Waals surface area contributed by atoms with Gasteiger partial charge in [-0.25, -0.2) is 0 Å². The number of aromatic nitrogens is 1. The number of hydrogen-bond acceptors (Lipinski definition) is 3. The van der Waals surface area contributed by atoms with Crippen LogP contribution in [0, 0.1) is 0 Å². The number of hydrogen-bond donors (Lipinski definition) is 1. The van der Waals surface area contributed by atoms with Gasteiger partial charge in [0.15, 0.2) is 0 Å². The molecular formula is C9H11BrN2O. The van der Waals surface area contributed by atoms with E-state index in [1.807, 2.05) is 12.1 Å². The van der Waals surface area contributed by atoms with Crippen LogP contribution < -0.4 is 5.48 Å². The smallest absolute Gasteiger partial charge is 0.0861 e. The molecule has 0 saturated carbocycles. The van der Waals surface area contributed by atoms with Gasteiger partial charge >= 0.3 is 0 Å². The van der Waals surface area contributed by atoms with Crippen LogP contribution >= 0.6 is 15.9 Å². The molecule has 0 fully saturated rings. The molecule has 1 rings (SSSR count). The summed E-state index contributed by atoms with van der Waals surface area (Å²) in [7, 11) is 0. The van der Waals surface area contributed by atoms with Gasteiger partial charge in [0.2, 0.25) is 0 Å². The molecule has 3 nitrogen and oxygen atoms in total. The molecule has 0 unspecified atom stereocenters. The summed E-state index contributed by atoms with van der Waals surface area (Å²) in [6.45, 7) is 4.62. The zero-order valence-electron chi connectivity index (χ0n) is 7.16. The van der Waals surface area contributed by atoms with Crippen molar-refractivity contribution >= 4 is 15.9 Å². The van der Waals surface area contributed by atoms with Crippen molar-refractivity contribution in [2.24, 2.45) is 0 Å². The van der Waals surface area contributed by atoms with Gasteiger partial charge in [-0.05, 0) is 28.1 Å². The number of rotatable bonds is 5. The third-order valence-electron chi connectivity index (χ3n) is 1.35. The molecular weight excluding hydrogens is 232 g/mol. The van der Waals surface area contributed by atoms with E-state index in [2.05, 4.69) is 33.0 Å². The van der Waals surface area contributed by atoms with Gasteiger partial charge in [0.05, 0.1) is 18.8 Å². The quantitative estimate of drug-likeness (QED) is 0.488. The number of nitrogens with one attached hydrogen (secondary N) is 1. The monoisotopic (exact) mass is 242 g/mol. The second kappa shape index (κ2) is 5.85. The maximum atomic E-state index is 5.00. The molecule has 1 N–H and O–H groups in total. The van der Waals surface area contributed by atoms with E-state index in [0.717, 1.165) is 10.2 Å². The molecule has 13 heavy (non-hydrogen) atoms. The number of pyridine rings is 1. The predicted molar refractivity (Wildman–Crippen MR) is 54.9 cm³/mol. The van der Waals surface area contributed by atoms with Crippen molar-refractivity contribution in [3.05, 3.63) is 41.2 Å². The van der Waals surface area contributed by atoms with Crippen molar-refractivity contribution < 1.29 is 4.84 Å². The Balaban J connectivity index is 2.28. The summed E-state index contributed by atoms with van der Waals surface area (Å²) in [6, 6.07) is 3.87. The van der Waals surface area contributed by atoms with Gasteiger partial charge < -0.3 is 0 Å². The maximum absolute atomic E-state index is 5.00. The largest absolute Gasteiger partial charge is 0.297 e. The zero-order valence-corrected chi connectivity index (χ0v) is 8.75. The van der Waals surface area contributed by atoms with E-state index >= 15 is 0 Å². The van der Waals surface area contributed by atoms with Crippen LogP contribution in [0.3, 0.4) is 0 Å². The van der Waals surface area contributed by atoms with Gasteiger partial charge in [-0.15, -0.1) is 6.58 Å². The first kappa shape index (κ1) is 10.4. The van der Waals surface area contributed by atoms with Crippen molar-refractivity contribution in [3.8, 4) is 0 Å². The minimum atomic E-state index is 0.497. The SMILES string of the molecule is C=CCONCc1ccc(Br)cn1. The average Bonchev–Trinajstić information content (AvgIpc) is 2.15. The van der Waals surface area contributed by atoms with E-state index in [-0.39, 0.29) is 0 Å². The molecule has 0 aromatic carbocycles. The normalized spacial score (nSPS) is 9.92. The lowest BCUT2D eigenvalue weighted by molar-refractivity contribution is 0.0571. The van der Waals surface area contributed by atoms with Crippen molar-refractivity contribution in [3.63, 3.8) is 0 Å². The molecule has 70 valence electrons. The first-order chi connectivity index (χ1) is 6.33. The summed E-state index contributed by atoms with van der Waals surface area (Å²) in [5.74, 6) is 0. The van der Waals surface area contributed by atoms with E-state index in [4.69, 9.17) is 4.84 Å². The van der Waals surface area contributed by atoms with Gasteiger partial charge in [-0.2, -0.15) is 5.48 Å². The van der Waals surface area contributed by atoms with Crippen molar-refractivity contribution in [2.45, 2.75) is 6.54 Å². The van der Waals surface area contributed by atoms with E-state index < -0.39 is 0 Å². The molecule has 1 aromatic rings. The zero-order chi connectivity index (χ0) is 9.52. The second-order valence-electron chi connectivity index (χ2n) is 2.39. The Bertz CT molecular complexity index is 261. The van der Waals surface area contributed by atoms with Crippen LogP contribution in [0.4, 0.5) is 0 Å². The highest BCUT2D eigenvalue weighted by Gasteiger charge is 1.92. The Hall–Kier alpha value is -0.710. The lowest BCUT2D eigenvalue weighted by Gasteiger charge is -2.02. The third-order valence-corrected chi connectivity index (χ3v) is 1.81. The average molecular weight is 243 g/mol. The second-order valence-corrected chi connectivity index (χ2v) is 3.30. The lowest BCUT2D eigenvalue weighted by atomic mass is 10.4. The van der Waals surface area contributed by atoms with Crippen LogP contribution in [0.2, 0.25) is 0 Å². The molecule has 0 bridgehead atoms. The van der Waals surface area contributed by atoms with E-state index in [1.165, 1.54) is 0 Å². The fourth-order valence-electron chi connectivity index (χ4n) is 0.754. The highest BCUT2D eigenvalue weighted by molar-refractivity contribution is 9.10. The Labute approximate surface area is 85.9 Å². The van der Waals surface area contributed by atoms with Crippen LogP contribution in [0.5, 0.6) is 0 Å². The predicted octanol–water partition coefficient (Wildman–Crippen LogP) is 2.05. The summed E-state index contributed by atoms with van der Waals surface area (Å²) in [5.41, 5.74) is 3.71. The number of hydroxylamine groups is 1. The fraction of sp³-hybridized carbons (Fsp3) is 0.222. The molecule has 0 amide bonds. The Morgan fingerprint density at radius 3 is 3.08 bits per heavy atom. The van der Waals surface area contributed by atoms with Crippen LogP contribution in [0.25, 0.3) is 0 Å². The van der Waals surface area contributed by atoms with Gasteiger partial charge in [-0.1, -0.05) is 6.08 Å². The molecule has 0 spiro atoms. The van der Waals surface area contributed by atoms with Gasteiger partial charge in [-0.3, -0.25) is 9.82 Å². The van der Waals surface area contributed by atoms with E-state index in [0.29, 0.717) is 13.2 Å². The fourth-order valence-corrected chi connectivity index (χ4v) is 0.988. The molecule has 0 aliphatic rings. The van der Waals surface area contributed by atoms with Crippen LogP contribution in [-0.2, 0) is 11.4 Å². The third kappa shape index (κ3) is 4.17. The number of nitrogens with zero attached hydrogens (tertiary/aromatic N) is 1. The molecule has 1 heterocycles. The molecule has 0 aliphatic carbocycles.